The van der Waals surface area contributed by atoms with Crippen molar-refractivity contribution in [3.8, 4) is 0 Å². The van der Waals surface area contributed by atoms with Crippen LogP contribution in [-0.4, -0.2) is 25.9 Å². The van der Waals surface area contributed by atoms with Crippen LogP contribution in [0, 0.1) is 11.8 Å². The summed E-state index contributed by atoms with van der Waals surface area (Å²) in [4.78, 5) is 11.7. The van der Waals surface area contributed by atoms with Gasteiger partial charge in [0.1, 0.15) is 11.4 Å². The van der Waals surface area contributed by atoms with Crippen molar-refractivity contribution in [3.63, 3.8) is 0 Å². The highest BCUT2D eigenvalue weighted by Gasteiger charge is 2.48. The normalized spacial score (nSPS) is 34.1. The van der Waals surface area contributed by atoms with Crippen LogP contribution >= 0.6 is 0 Å². The molecule has 0 amide bonds. The predicted octanol–water partition coefficient (Wildman–Crippen LogP) is 2.99. The molecular formula is C14H22O5S. The van der Waals surface area contributed by atoms with Crippen LogP contribution in [0.25, 0.3) is 0 Å². The SMILES string of the molecule is O=C(OC1CCCCC1)OS(=O)(=O)C1CC2CCC1C2. The molecule has 0 aromatic carbocycles. The molecule has 0 aromatic rings. The summed E-state index contributed by atoms with van der Waals surface area (Å²) in [6.45, 7) is 0. The first-order valence-electron chi connectivity index (χ1n) is 7.68. The smallest absolute Gasteiger partial charge is 0.430 e. The molecule has 5 nitrogen and oxygen atoms in total. The molecule has 114 valence electrons. The van der Waals surface area contributed by atoms with Crippen LogP contribution in [-0.2, 0) is 19.0 Å². The average Bonchev–Trinajstić information content (AvgIpc) is 3.01. The van der Waals surface area contributed by atoms with Crippen LogP contribution in [0.1, 0.15) is 57.8 Å². The molecule has 0 heterocycles. The zero-order valence-electron chi connectivity index (χ0n) is 11.6. The summed E-state index contributed by atoms with van der Waals surface area (Å²) >= 11 is 0. The molecule has 0 aromatic heterocycles. The number of rotatable bonds is 3. The molecular weight excluding hydrogens is 280 g/mol. The van der Waals surface area contributed by atoms with E-state index < -0.39 is 21.5 Å². The molecule has 20 heavy (non-hydrogen) atoms. The second-order valence-corrected chi connectivity index (χ2v) is 8.18. The van der Waals surface area contributed by atoms with Gasteiger partial charge in [0.05, 0.1) is 0 Å². The second-order valence-electron chi connectivity index (χ2n) is 6.42. The molecule has 0 radical (unpaired) electrons. The highest BCUT2D eigenvalue weighted by atomic mass is 32.2. The Labute approximate surface area is 120 Å². The number of hydrogen-bond acceptors (Lipinski definition) is 5. The van der Waals surface area contributed by atoms with E-state index in [1.54, 1.807) is 0 Å². The van der Waals surface area contributed by atoms with Crippen LogP contribution < -0.4 is 0 Å². The standard InChI is InChI=1S/C14H22O5S/c15-14(18-12-4-2-1-3-5-12)19-20(16,17)13-9-10-6-7-11(13)8-10/h10-13H,1-9H2. The zero-order chi connectivity index (χ0) is 14.2. The van der Waals surface area contributed by atoms with Crippen molar-refractivity contribution in [2.24, 2.45) is 11.8 Å². The lowest BCUT2D eigenvalue weighted by Crippen LogP contribution is -2.32. The van der Waals surface area contributed by atoms with Crippen LogP contribution in [0.4, 0.5) is 4.79 Å². The Hall–Kier alpha value is -0.780. The fourth-order valence-electron chi connectivity index (χ4n) is 4.04. The summed E-state index contributed by atoms with van der Waals surface area (Å²) in [5.74, 6) is 0.672. The number of fused-ring (bicyclic) bond motifs is 2. The summed E-state index contributed by atoms with van der Waals surface area (Å²) in [5.41, 5.74) is 0. The fraction of sp³-hybridized carbons (Fsp3) is 0.929. The Bertz CT molecular complexity index is 466. The minimum Gasteiger partial charge on any atom is -0.430 e. The lowest BCUT2D eigenvalue weighted by molar-refractivity contribution is 0.0428. The Morgan fingerprint density at radius 3 is 2.30 bits per heavy atom. The van der Waals surface area contributed by atoms with Crippen molar-refractivity contribution < 1.29 is 22.1 Å². The third-order valence-electron chi connectivity index (χ3n) is 5.04. The first-order valence-corrected chi connectivity index (χ1v) is 9.15. The summed E-state index contributed by atoms with van der Waals surface area (Å²) < 4.78 is 34.1. The highest BCUT2D eigenvalue weighted by Crippen LogP contribution is 2.47. The van der Waals surface area contributed by atoms with E-state index in [0.29, 0.717) is 12.3 Å². The second kappa shape index (κ2) is 5.54. The van der Waals surface area contributed by atoms with Crippen molar-refractivity contribution >= 4 is 16.3 Å². The number of carbonyl (C=O) groups is 1. The van der Waals surface area contributed by atoms with Crippen molar-refractivity contribution in [1.82, 2.24) is 0 Å². The third kappa shape index (κ3) is 2.95. The summed E-state index contributed by atoms with van der Waals surface area (Å²) in [6, 6.07) is 0. The molecule has 6 heteroatoms. The topological polar surface area (TPSA) is 69.7 Å². The van der Waals surface area contributed by atoms with Crippen molar-refractivity contribution in [2.45, 2.75) is 69.1 Å². The maximum Gasteiger partial charge on any atom is 0.524 e. The number of carbonyl (C=O) groups excluding carboxylic acids is 1. The Balaban J connectivity index is 1.54. The number of hydrogen-bond donors (Lipinski definition) is 0. The van der Waals surface area contributed by atoms with Gasteiger partial charge in [0.15, 0.2) is 0 Å². The van der Waals surface area contributed by atoms with Gasteiger partial charge in [0.25, 0.3) is 0 Å². The van der Waals surface area contributed by atoms with Crippen LogP contribution in [0.2, 0.25) is 0 Å². The van der Waals surface area contributed by atoms with E-state index in [2.05, 4.69) is 4.18 Å². The molecule has 3 atom stereocenters. The monoisotopic (exact) mass is 302 g/mol. The molecule has 3 rings (SSSR count). The molecule has 0 aliphatic heterocycles. The Morgan fingerprint density at radius 2 is 1.70 bits per heavy atom. The van der Waals surface area contributed by atoms with Crippen LogP contribution in [0.3, 0.4) is 0 Å². The highest BCUT2D eigenvalue weighted by molar-refractivity contribution is 7.87. The Kier molecular flexibility index (Phi) is 3.93. The maximum atomic E-state index is 12.2. The van der Waals surface area contributed by atoms with Gasteiger partial charge >= 0.3 is 16.3 Å². The summed E-state index contributed by atoms with van der Waals surface area (Å²) in [6.07, 6.45) is 7.28. The lowest BCUT2D eigenvalue weighted by Gasteiger charge is -2.23. The minimum absolute atomic E-state index is 0.174. The van der Waals surface area contributed by atoms with Gasteiger partial charge in [-0.15, -0.1) is 0 Å². The van der Waals surface area contributed by atoms with Gasteiger partial charge in [0, 0.05) is 0 Å². The van der Waals surface area contributed by atoms with Gasteiger partial charge in [-0.2, -0.15) is 8.42 Å². The van der Waals surface area contributed by atoms with E-state index in [4.69, 9.17) is 4.74 Å². The molecule has 3 aliphatic carbocycles. The predicted molar refractivity (Wildman–Crippen MR) is 72.6 cm³/mol. The van der Waals surface area contributed by atoms with Crippen LogP contribution in [0.5, 0.6) is 0 Å². The molecule has 0 N–H and O–H groups in total. The van der Waals surface area contributed by atoms with E-state index in [9.17, 15) is 13.2 Å². The summed E-state index contributed by atoms with van der Waals surface area (Å²) in [5, 5.41) is -0.500. The Morgan fingerprint density at radius 1 is 0.950 bits per heavy atom. The molecule has 3 saturated carbocycles. The van der Waals surface area contributed by atoms with Gasteiger partial charge in [-0.25, -0.2) is 4.79 Å². The summed E-state index contributed by atoms with van der Waals surface area (Å²) in [7, 11) is -3.82. The van der Waals surface area contributed by atoms with Crippen molar-refractivity contribution in [2.75, 3.05) is 0 Å². The van der Waals surface area contributed by atoms with Crippen LogP contribution in [0.15, 0.2) is 0 Å². The fourth-order valence-corrected chi connectivity index (χ4v) is 5.61. The molecule has 3 unspecified atom stereocenters. The van der Waals surface area contributed by atoms with E-state index in [1.165, 1.54) is 0 Å². The van der Waals surface area contributed by atoms with E-state index in [0.717, 1.165) is 51.4 Å². The molecule has 0 saturated heterocycles. The molecule has 0 spiro atoms. The van der Waals surface area contributed by atoms with Gasteiger partial charge in [0.2, 0.25) is 0 Å². The van der Waals surface area contributed by atoms with Gasteiger partial charge in [-0.05, 0) is 56.8 Å². The molecule has 2 bridgehead atoms. The van der Waals surface area contributed by atoms with E-state index in [-0.39, 0.29) is 12.0 Å². The van der Waals surface area contributed by atoms with Crippen molar-refractivity contribution in [3.05, 3.63) is 0 Å². The zero-order valence-corrected chi connectivity index (χ0v) is 12.4. The lowest BCUT2D eigenvalue weighted by atomic mass is 9.98. The largest absolute Gasteiger partial charge is 0.524 e. The third-order valence-corrected chi connectivity index (χ3v) is 6.73. The van der Waals surface area contributed by atoms with Gasteiger partial charge in [-0.1, -0.05) is 12.8 Å². The minimum atomic E-state index is -3.82. The molecule has 3 fully saturated rings. The van der Waals surface area contributed by atoms with E-state index in [1.807, 2.05) is 0 Å². The molecule has 3 aliphatic rings. The first-order chi connectivity index (χ1) is 9.54. The maximum absolute atomic E-state index is 12.2. The van der Waals surface area contributed by atoms with Crippen molar-refractivity contribution in [1.29, 1.82) is 0 Å². The first kappa shape index (κ1) is 14.2. The van der Waals surface area contributed by atoms with E-state index >= 15 is 0 Å². The number of ether oxygens (including phenoxy) is 1. The average molecular weight is 302 g/mol. The quantitative estimate of drug-likeness (QED) is 0.592. The van der Waals surface area contributed by atoms with Gasteiger partial charge in [-0.3, -0.25) is 0 Å². The van der Waals surface area contributed by atoms with Gasteiger partial charge < -0.3 is 8.92 Å².